The number of carboxylic acid groups (broad SMARTS) is 1. The van der Waals surface area contributed by atoms with Crippen LogP contribution in [0.1, 0.15) is 12.8 Å². The maximum Gasteiger partial charge on any atom is 0.388 e. The predicted molar refractivity (Wildman–Crippen MR) is 70.4 cm³/mol. The fourth-order valence-electron chi connectivity index (χ4n) is 1.38. The Morgan fingerprint density at radius 2 is 1.30 bits per heavy atom. The van der Waals surface area contributed by atoms with E-state index in [1.54, 1.807) is 0 Å². The molecule has 0 spiro atoms. The zero-order chi connectivity index (χ0) is 18.0. The third kappa shape index (κ3) is 6.69. The van der Waals surface area contributed by atoms with Gasteiger partial charge in [-0.05, 0) is 0 Å². The van der Waals surface area contributed by atoms with Crippen molar-refractivity contribution in [3.05, 3.63) is 0 Å². The highest BCUT2D eigenvalue weighted by Gasteiger charge is 2.34. The molecule has 0 saturated carbocycles. The van der Waals surface area contributed by atoms with E-state index in [-0.39, 0.29) is 12.8 Å². The van der Waals surface area contributed by atoms with Crippen LogP contribution in [0.25, 0.3) is 0 Å². The molecule has 0 aromatic carbocycles. The molecule has 1 rings (SSSR count). The SMILES string of the molecule is COC(OC)C(=O)O.COC(OC)C(=O)ON1C(=O)CCC1=O. The molecule has 0 aromatic rings. The lowest BCUT2D eigenvalue weighted by atomic mass is 10.4. The Morgan fingerprint density at radius 3 is 1.57 bits per heavy atom. The van der Waals surface area contributed by atoms with Gasteiger partial charge in [-0.1, -0.05) is 0 Å². The number of amides is 2. The molecule has 23 heavy (non-hydrogen) atoms. The minimum absolute atomic E-state index is 0.0523. The monoisotopic (exact) mass is 337 g/mol. The Labute approximate surface area is 131 Å². The van der Waals surface area contributed by atoms with E-state index < -0.39 is 36.3 Å². The van der Waals surface area contributed by atoms with Gasteiger partial charge < -0.3 is 28.9 Å². The second kappa shape index (κ2) is 10.6. The maximum absolute atomic E-state index is 11.2. The summed E-state index contributed by atoms with van der Waals surface area (Å²) in [5, 5.41) is 8.56. The molecule has 0 unspecified atom stereocenters. The van der Waals surface area contributed by atoms with Crippen LogP contribution in [0, 0.1) is 0 Å². The van der Waals surface area contributed by atoms with Crippen LogP contribution in [0.2, 0.25) is 0 Å². The molecular weight excluding hydrogens is 318 g/mol. The third-order valence-electron chi connectivity index (χ3n) is 2.44. The highest BCUT2D eigenvalue weighted by Crippen LogP contribution is 2.13. The number of carboxylic acids is 1. The molecule has 0 atom stereocenters. The molecule has 0 bridgehead atoms. The number of carbonyl (C=O) groups excluding carboxylic acids is 3. The number of hydrogen-bond donors (Lipinski definition) is 1. The number of rotatable bonds is 7. The Bertz CT molecular complexity index is 414. The number of hydrogen-bond acceptors (Lipinski definition) is 9. The van der Waals surface area contributed by atoms with Crippen molar-refractivity contribution in [2.24, 2.45) is 0 Å². The first-order valence-electron chi connectivity index (χ1n) is 6.23. The fraction of sp³-hybridized carbons (Fsp3) is 0.667. The summed E-state index contributed by atoms with van der Waals surface area (Å²) in [6.45, 7) is 0. The van der Waals surface area contributed by atoms with Crippen LogP contribution < -0.4 is 0 Å². The van der Waals surface area contributed by atoms with Gasteiger partial charge in [-0.3, -0.25) is 9.59 Å². The van der Waals surface area contributed by atoms with Gasteiger partial charge in [-0.25, -0.2) is 9.59 Å². The summed E-state index contributed by atoms with van der Waals surface area (Å²) in [7, 11) is 5.01. The summed E-state index contributed by atoms with van der Waals surface area (Å²) in [5.74, 6) is -3.14. The molecule has 1 N–H and O–H groups in total. The summed E-state index contributed by atoms with van der Waals surface area (Å²) >= 11 is 0. The van der Waals surface area contributed by atoms with Crippen molar-refractivity contribution >= 4 is 23.8 Å². The third-order valence-corrected chi connectivity index (χ3v) is 2.44. The van der Waals surface area contributed by atoms with Crippen molar-refractivity contribution in [2.45, 2.75) is 25.4 Å². The smallest absolute Gasteiger partial charge is 0.388 e. The van der Waals surface area contributed by atoms with Crippen LogP contribution in [-0.4, -0.2) is 74.9 Å². The van der Waals surface area contributed by atoms with Crippen molar-refractivity contribution < 1.29 is 48.1 Å². The van der Waals surface area contributed by atoms with Gasteiger partial charge in [0.2, 0.25) is 0 Å². The summed E-state index contributed by atoms with van der Waals surface area (Å²) < 4.78 is 17.9. The lowest BCUT2D eigenvalue weighted by Gasteiger charge is -2.16. The molecule has 1 saturated heterocycles. The predicted octanol–water partition coefficient (Wildman–Crippen LogP) is -1.10. The lowest BCUT2D eigenvalue weighted by Crippen LogP contribution is -2.37. The Morgan fingerprint density at radius 1 is 0.913 bits per heavy atom. The molecule has 11 heteroatoms. The van der Waals surface area contributed by atoms with Crippen LogP contribution in [0.3, 0.4) is 0 Å². The van der Waals surface area contributed by atoms with E-state index in [4.69, 9.17) is 5.11 Å². The minimum Gasteiger partial charge on any atom is -0.477 e. The van der Waals surface area contributed by atoms with E-state index in [9.17, 15) is 19.2 Å². The van der Waals surface area contributed by atoms with E-state index in [1.807, 2.05) is 0 Å². The molecule has 1 aliphatic heterocycles. The van der Waals surface area contributed by atoms with Gasteiger partial charge in [0.05, 0.1) is 0 Å². The van der Waals surface area contributed by atoms with E-state index >= 15 is 0 Å². The standard InChI is InChI=1S/C8H11NO6.C4H8O4/c1-13-8(14-2)7(12)15-9-5(10)3-4-6(9)11;1-7-4(8-2)3(5)6/h8H,3-4H2,1-2H3;4H,1-2H3,(H,5,6). The second-order valence-corrected chi connectivity index (χ2v) is 3.94. The zero-order valence-electron chi connectivity index (χ0n) is 13.1. The first kappa shape index (κ1) is 20.9. The molecule has 1 heterocycles. The molecular formula is C12H19NO10. The molecule has 132 valence electrons. The van der Waals surface area contributed by atoms with E-state index in [1.165, 1.54) is 28.4 Å². The summed E-state index contributed by atoms with van der Waals surface area (Å²) in [6, 6.07) is 0. The van der Waals surface area contributed by atoms with Gasteiger partial charge in [0.1, 0.15) is 0 Å². The average molecular weight is 337 g/mol. The maximum atomic E-state index is 11.2. The summed E-state index contributed by atoms with van der Waals surface area (Å²) in [4.78, 5) is 47.8. The van der Waals surface area contributed by atoms with Crippen molar-refractivity contribution in [2.75, 3.05) is 28.4 Å². The van der Waals surface area contributed by atoms with E-state index in [2.05, 4.69) is 23.8 Å². The number of ether oxygens (including phenoxy) is 4. The molecule has 0 radical (unpaired) electrons. The zero-order valence-corrected chi connectivity index (χ0v) is 13.1. The number of hydroxylamine groups is 2. The molecule has 0 aliphatic carbocycles. The average Bonchev–Trinajstić information content (AvgIpc) is 2.82. The molecule has 0 aromatic heterocycles. The van der Waals surface area contributed by atoms with Gasteiger partial charge in [0, 0.05) is 41.3 Å². The van der Waals surface area contributed by atoms with Crippen LogP contribution in [0.15, 0.2) is 0 Å². The van der Waals surface area contributed by atoms with Crippen molar-refractivity contribution in [3.63, 3.8) is 0 Å². The molecule has 2 amide bonds. The quantitative estimate of drug-likeness (QED) is 0.450. The summed E-state index contributed by atoms with van der Waals surface area (Å²) in [5.41, 5.74) is 0. The fourth-order valence-corrected chi connectivity index (χ4v) is 1.38. The Hall–Kier alpha value is -2.08. The number of aliphatic carboxylic acids is 1. The molecule has 11 nitrogen and oxygen atoms in total. The van der Waals surface area contributed by atoms with Crippen molar-refractivity contribution in [1.29, 1.82) is 0 Å². The number of nitrogens with zero attached hydrogens (tertiary/aromatic N) is 1. The number of imide groups is 1. The van der Waals surface area contributed by atoms with Gasteiger partial charge in [0.25, 0.3) is 24.4 Å². The topological polar surface area (TPSA) is 138 Å². The van der Waals surface area contributed by atoms with Crippen LogP contribution in [0.5, 0.6) is 0 Å². The normalized spacial score (nSPS) is 14.1. The van der Waals surface area contributed by atoms with Crippen LogP contribution in [-0.2, 0) is 43.0 Å². The van der Waals surface area contributed by atoms with E-state index in [0.717, 1.165) is 0 Å². The highest BCUT2D eigenvalue weighted by molar-refractivity contribution is 6.01. The first-order valence-corrected chi connectivity index (χ1v) is 6.23. The van der Waals surface area contributed by atoms with Crippen LogP contribution >= 0.6 is 0 Å². The van der Waals surface area contributed by atoms with Gasteiger partial charge in [-0.2, -0.15) is 0 Å². The first-order chi connectivity index (χ1) is 10.8. The van der Waals surface area contributed by atoms with Gasteiger partial charge in [0.15, 0.2) is 0 Å². The molecule has 1 aliphatic rings. The van der Waals surface area contributed by atoms with E-state index in [0.29, 0.717) is 5.06 Å². The largest absolute Gasteiger partial charge is 0.477 e. The molecule has 1 fully saturated rings. The minimum atomic E-state index is -1.24. The Kier molecular flexibility index (Phi) is 9.65. The van der Waals surface area contributed by atoms with Crippen molar-refractivity contribution in [1.82, 2.24) is 5.06 Å². The van der Waals surface area contributed by atoms with Crippen molar-refractivity contribution in [3.8, 4) is 0 Å². The number of carbonyl (C=O) groups is 4. The van der Waals surface area contributed by atoms with Gasteiger partial charge in [-0.15, -0.1) is 5.06 Å². The lowest BCUT2D eigenvalue weighted by molar-refractivity contribution is -0.220. The summed E-state index contributed by atoms with van der Waals surface area (Å²) in [6.07, 6.45) is -2.27. The Balaban J connectivity index is 0.000000515. The van der Waals surface area contributed by atoms with Crippen LogP contribution in [0.4, 0.5) is 0 Å². The number of methoxy groups -OCH3 is 4. The second-order valence-electron chi connectivity index (χ2n) is 3.94. The van der Waals surface area contributed by atoms with Gasteiger partial charge >= 0.3 is 11.9 Å². The highest BCUT2D eigenvalue weighted by atomic mass is 16.8.